The summed E-state index contributed by atoms with van der Waals surface area (Å²) >= 11 is 3.42. The molecule has 0 aliphatic heterocycles. The summed E-state index contributed by atoms with van der Waals surface area (Å²) in [6.07, 6.45) is 0. The maximum atomic E-state index is 10.6. The van der Waals surface area contributed by atoms with Gasteiger partial charge in [0.25, 0.3) is 0 Å². The van der Waals surface area contributed by atoms with Crippen LogP contribution in [0.1, 0.15) is 12.5 Å². The van der Waals surface area contributed by atoms with E-state index in [4.69, 9.17) is 5.73 Å². The molecule has 0 spiro atoms. The summed E-state index contributed by atoms with van der Waals surface area (Å²) in [6.45, 7) is 1.81. The number of amides is 2. The molecule has 0 atom stereocenters. The number of benzene rings is 2. The maximum Gasteiger partial charge on any atom is 0.332 e. The Morgan fingerprint density at radius 2 is 1.55 bits per heavy atom. The second kappa shape index (κ2) is 6.34. The molecule has 2 aromatic carbocycles. The molecule has 0 aliphatic carbocycles. The van der Waals surface area contributed by atoms with Crippen LogP contribution in [0.5, 0.6) is 0 Å². The Morgan fingerprint density at radius 3 is 2.05 bits per heavy atom. The van der Waals surface area contributed by atoms with Gasteiger partial charge in [-0.1, -0.05) is 52.3 Å². The van der Waals surface area contributed by atoms with Gasteiger partial charge in [0.15, 0.2) is 0 Å². The summed E-state index contributed by atoms with van der Waals surface area (Å²) in [6, 6.07) is 15.4. The number of nitrogens with zero attached hydrogens (tertiary/aromatic N) is 1. The lowest BCUT2D eigenvalue weighted by atomic mass is 10.0. The first-order chi connectivity index (χ1) is 9.56. The van der Waals surface area contributed by atoms with Crippen molar-refractivity contribution in [3.05, 3.63) is 58.6 Å². The van der Waals surface area contributed by atoms with Crippen LogP contribution >= 0.6 is 15.9 Å². The Labute approximate surface area is 125 Å². The number of carbonyl (C=O) groups is 1. The third-order valence-corrected chi connectivity index (χ3v) is 3.34. The summed E-state index contributed by atoms with van der Waals surface area (Å²) in [4.78, 5) is 10.6. The first kappa shape index (κ1) is 14.3. The average molecular weight is 332 g/mol. The minimum absolute atomic E-state index is 0.671. The van der Waals surface area contributed by atoms with E-state index in [2.05, 4.69) is 38.6 Å². The zero-order valence-electron chi connectivity index (χ0n) is 10.9. The minimum atomic E-state index is -0.671. The molecule has 0 heterocycles. The molecule has 3 N–H and O–H groups in total. The monoisotopic (exact) mass is 331 g/mol. The molecular weight excluding hydrogens is 318 g/mol. The van der Waals surface area contributed by atoms with Gasteiger partial charge in [0.05, 0.1) is 5.71 Å². The lowest BCUT2D eigenvalue weighted by Gasteiger charge is -2.05. The van der Waals surface area contributed by atoms with E-state index in [1.807, 2.05) is 43.3 Å². The van der Waals surface area contributed by atoms with E-state index >= 15 is 0 Å². The highest BCUT2D eigenvalue weighted by atomic mass is 79.9. The van der Waals surface area contributed by atoms with E-state index in [1.165, 1.54) is 0 Å². The number of urea groups is 1. The lowest BCUT2D eigenvalue weighted by Crippen LogP contribution is -2.25. The molecule has 0 saturated carbocycles. The van der Waals surface area contributed by atoms with Crippen molar-refractivity contribution in [2.45, 2.75) is 6.92 Å². The first-order valence-corrected chi connectivity index (χ1v) is 6.81. The van der Waals surface area contributed by atoms with Crippen LogP contribution in [0.25, 0.3) is 11.1 Å². The van der Waals surface area contributed by atoms with Crippen LogP contribution in [-0.4, -0.2) is 11.7 Å². The van der Waals surface area contributed by atoms with E-state index in [0.29, 0.717) is 5.71 Å². The Bertz CT molecular complexity index is 633. The summed E-state index contributed by atoms with van der Waals surface area (Å²) in [5, 5.41) is 3.89. The van der Waals surface area contributed by atoms with Gasteiger partial charge in [-0.05, 0) is 35.7 Å². The largest absolute Gasteiger partial charge is 0.350 e. The Hall–Kier alpha value is -2.14. The fourth-order valence-electron chi connectivity index (χ4n) is 1.75. The highest BCUT2D eigenvalue weighted by Gasteiger charge is 2.01. The van der Waals surface area contributed by atoms with E-state index in [0.717, 1.165) is 21.2 Å². The third kappa shape index (κ3) is 3.68. The van der Waals surface area contributed by atoms with E-state index in [1.54, 1.807) is 0 Å². The molecule has 0 aromatic heterocycles. The Balaban J connectivity index is 2.19. The Kier molecular flexibility index (Phi) is 4.53. The van der Waals surface area contributed by atoms with Crippen molar-refractivity contribution >= 4 is 27.7 Å². The van der Waals surface area contributed by atoms with Crippen molar-refractivity contribution in [1.82, 2.24) is 5.43 Å². The zero-order chi connectivity index (χ0) is 14.5. The second-order valence-electron chi connectivity index (χ2n) is 4.26. The number of halogens is 1. The summed E-state index contributed by atoms with van der Waals surface area (Å²) < 4.78 is 1.05. The van der Waals surface area contributed by atoms with Crippen molar-refractivity contribution in [3.63, 3.8) is 0 Å². The average Bonchev–Trinajstić information content (AvgIpc) is 2.46. The van der Waals surface area contributed by atoms with Crippen LogP contribution in [0.4, 0.5) is 4.79 Å². The number of nitrogens with two attached hydrogens (primary N) is 1. The van der Waals surface area contributed by atoms with E-state index < -0.39 is 6.03 Å². The van der Waals surface area contributed by atoms with Gasteiger partial charge in [-0.15, -0.1) is 0 Å². The molecule has 20 heavy (non-hydrogen) atoms. The number of hydrogen-bond donors (Lipinski definition) is 2. The van der Waals surface area contributed by atoms with Gasteiger partial charge in [-0.2, -0.15) is 5.10 Å². The molecule has 0 aliphatic rings. The maximum absolute atomic E-state index is 10.6. The minimum Gasteiger partial charge on any atom is -0.350 e. The molecule has 0 fully saturated rings. The van der Waals surface area contributed by atoms with Crippen molar-refractivity contribution in [2.24, 2.45) is 10.8 Å². The van der Waals surface area contributed by atoms with Crippen LogP contribution in [0.3, 0.4) is 0 Å². The van der Waals surface area contributed by atoms with Crippen LogP contribution in [0, 0.1) is 0 Å². The lowest BCUT2D eigenvalue weighted by molar-refractivity contribution is 0.249. The van der Waals surface area contributed by atoms with Crippen molar-refractivity contribution in [1.29, 1.82) is 0 Å². The van der Waals surface area contributed by atoms with Crippen molar-refractivity contribution in [3.8, 4) is 11.1 Å². The van der Waals surface area contributed by atoms with Gasteiger partial charge >= 0.3 is 6.03 Å². The Morgan fingerprint density at radius 1 is 1.05 bits per heavy atom. The highest BCUT2D eigenvalue weighted by Crippen LogP contribution is 2.22. The van der Waals surface area contributed by atoms with Gasteiger partial charge in [0, 0.05) is 4.47 Å². The van der Waals surface area contributed by atoms with Crippen LogP contribution in [0.15, 0.2) is 58.1 Å². The topological polar surface area (TPSA) is 67.5 Å². The number of primary amides is 1. The number of rotatable bonds is 3. The van der Waals surface area contributed by atoms with Crippen LogP contribution < -0.4 is 11.2 Å². The predicted molar refractivity (Wildman–Crippen MR) is 84.5 cm³/mol. The molecule has 4 nitrogen and oxygen atoms in total. The van der Waals surface area contributed by atoms with E-state index in [-0.39, 0.29) is 0 Å². The second-order valence-corrected chi connectivity index (χ2v) is 5.17. The first-order valence-electron chi connectivity index (χ1n) is 6.02. The summed E-state index contributed by atoms with van der Waals surface area (Å²) in [5.74, 6) is 0. The molecule has 2 rings (SSSR count). The van der Waals surface area contributed by atoms with Gasteiger partial charge in [-0.25, -0.2) is 10.2 Å². The molecular formula is C15H14BrN3O. The summed E-state index contributed by atoms with van der Waals surface area (Å²) in [5.41, 5.74) is 11.1. The predicted octanol–water partition coefficient (Wildman–Crippen LogP) is 3.51. The zero-order valence-corrected chi connectivity index (χ0v) is 12.5. The normalized spacial score (nSPS) is 11.2. The van der Waals surface area contributed by atoms with Crippen molar-refractivity contribution < 1.29 is 4.79 Å². The standard InChI is InChI=1S/C15H14BrN3O/c1-10(18-19-15(17)20)11-2-4-12(5-3-11)13-6-8-14(16)9-7-13/h2-9H,1H3,(H3,17,19,20)/b18-10-. The third-order valence-electron chi connectivity index (χ3n) is 2.81. The quantitative estimate of drug-likeness (QED) is 0.655. The molecule has 0 bridgehead atoms. The molecule has 0 saturated heterocycles. The van der Waals surface area contributed by atoms with E-state index in [9.17, 15) is 4.79 Å². The van der Waals surface area contributed by atoms with Gasteiger partial charge in [0.2, 0.25) is 0 Å². The SMILES string of the molecule is C/C(=N/NC(N)=O)c1ccc(-c2ccc(Br)cc2)cc1. The number of hydrogen-bond acceptors (Lipinski definition) is 2. The fraction of sp³-hybridized carbons (Fsp3) is 0.0667. The fourth-order valence-corrected chi connectivity index (χ4v) is 2.01. The molecule has 0 radical (unpaired) electrons. The van der Waals surface area contributed by atoms with Crippen LogP contribution in [-0.2, 0) is 0 Å². The smallest absolute Gasteiger partial charge is 0.332 e. The van der Waals surface area contributed by atoms with Gasteiger partial charge in [0.1, 0.15) is 0 Å². The number of hydrazone groups is 1. The number of carbonyl (C=O) groups excluding carboxylic acids is 1. The molecule has 2 amide bonds. The van der Waals surface area contributed by atoms with Gasteiger partial charge in [-0.3, -0.25) is 0 Å². The number of nitrogens with one attached hydrogen (secondary N) is 1. The van der Waals surface area contributed by atoms with Crippen molar-refractivity contribution in [2.75, 3.05) is 0 Å². The van der Waals surface area contributed by atoms with Crippen LogP contribution in [0.2, 0.25) is 0 Å². The molecule has 102 valence electrons. The molecule has 0 unspecified atom stereocenters. The summed E-state index contributed by atoms with van der Waals surface area (Å²) in [7, 11) is 0. The highest BCUT2D eigenvalue weighted by molar-refractivity contribution is 9.10. The van der Waals surface area contributed by atoms with Gasteiger partial charge < -0.3 is 5.73 Å². The molecule has 5 heteroatoms. The molecule has 2 aromatic rings.